The number of nitrogens with zero attached hydrogens (tertiary/aromatic N) is 3. The Labute approximate surface area is 114 Å². The van der Waals surface area contributed by atoms with Gasteiger partial charge in [-0.3, -0.25) is 0 Å². The molecule has 0 spiro atoms. The third-order valence-electron chi connectivity index (χ3n) is 3.87. The van der Waals surface area contributed by atoms with E-state index in [9.17, 15) is 4.79 Å². The minimum Gasteiger partial charge on any atom is -0.335 e. The van der Waals surface area contributed by atoms with E-state index in [1.165, 1.54) is 19.3 Å². The molecule has 2 atom stereocenters. The highest BCUT2D eigenvalue weighted by molar-refractivity contribution is 5.74. The first-order chi connectivity index (χ1) is 9.20. The molecule has 1 aliphatic carbocycles. The summed E-state index contributed by atoms with van der Waals surface area (Å²) >= 11 is 0. The second kappa shape index (κ2) is 6.54. The minimum atomic E-state index is -0.107. The zero-order valence-electron chi connectivity index (χ0n) is 11.7. The van der Waals surface area contributed by atoms with Gasteiger partial charge in [-0.1, -0.05) is 19.8 Å². The van der Waals surface area contributed by atoms with Crippen molar-refractivity contribution in [1.82, 2.24) is 25.4 Å². The van der Waals surface area contributed by atoms with Crippen LogP contribution in [0.15, 0.2) is 6.33 Å². The Balaban J connectivity index is 1.78. The van der Waals surface area contributed by atoms with Crippen molar-refractivity contribution in [1.29, 1.82) is 0 Å². The van der Waals surface area contributed by atoms with E-state index in [-0.39, 0.29) is 6.03 Å². The minimum absolute atomic E-state index is 0.107. The van der Waals surface area contributed by atoms with Crippen LogP contribution in [-0.2, 0) is 13.1 Å². The molecule has 0 saturated heterocycles. The number of aromatic nitrogens is 3. The van der Waals surface area contributed by atoms with Gasteiger partial charge in [-0.05, 0) is 25.7 Å². The van der Waals surface area contributed by atoms with Gasteiger partial charge in [0.05, 0.1) is 6.54 Å². The standard InChI is InChI=1S/C13H23N5O/c1-3-18-9-15-17-12(18)8-14-13(19)16-11-7-5-4-6-10(11)2/h9-11H,3-8H2,1-2H3,(H2,14,16,19)/t10-,11-/m1/s1. The van der Waals surface area contributed by atoms with Gasteiger partial charge < -0.3 is 15.2 Å². The average molecular weight is 265 g/mol. The van der Waals surface area contributed by atoms with E-state index in [0.29, 0.717) is 18.5 Å². The predicted octanol–water partition coefficient (Wildman–Crippen LogP) is 1.68. The van der Waals surface area contributed by atoms with Crippen molar-refractivity contribution >= 4 is 6.03 Å². The number of amides is 2. The first kappa shape index (κ1) is 13.8. The number of rotatable bonds is 4. The summed E-state index contributed by atoms with van der Waals surface area (Å²) in [6, 6.07) is 0.196. The zero-order valence-corrected chi connectivity index (χ0v) is 11.7. The highest BCUT2D eigenvalue weighted by Gasteiger charge is 2.22. The van der Waals surface area contributed by atoms with E-state index in [4.69, 9.17) is 0 Å². The van der Waals surface area contributed by atoms with Crippen LogP contribution in [0, 0.1) is 5.92 Å². The highest BCUT2D eigenvalue weighted by atomic mass is 16.2. The highest BCUT2D eigenvalue weighted by Crippen LogP contribution is 2.23. The van der Waals surface area contributed by atoms with Crippen molar-refractivity contribution in [2.75, 3.05) is 0 Å². The van der Waals surface area contributed by atoms with Crippen LogP contribution < -0.4 is 10.6 Å². The second-order valence-electron chi connectivity index (χ2n) is 5.23. The number of urea groups is 1. The Bertz CT molecular complexity index is 417. The van der Waals surface area contributed by atoms with E-state index in [0.717, 1.165) is 18.8 Å². The first-order valence-electron chi connectivity index (χ1n) is 7.11. The summed E-state index contributed by atoms with van der Waals surface area (Å²) in [4.78, 5) is 11.9. The molecule has 6 nitrogen and oxygen atoms in total. The van der Waals surface area contributed by atoms with Gasteiger partial charge in [0.1, 0.15) is 6.33 Å². The van der Waals surface area contributed by atoms with Crippen LogP contribution in [0.25, 0.3) is 0 Å². The summed E-state index contributed by atoms with van der Waals surface area (Å²) in [5, 5.41) is 13.7. The summed E-state index contributed by atoms with van der Waals surface area (Å²) in [5.41, 5.74) is 0. The lowest BCUT2D eigenvalue weighted by Crippen LogP contribution is -2.46. The van der Waals surface area contributed by atoms with Crippen LogP contribution in [0.4, 0.5) is 4.79 Å². The molecule has 1 aromatic rings. The predicted molar refractivity (Wildman–Crippen MR) is 72.5 cm³/mol. The SMILES string of the molecule is CCn1cnnc1CNC(=O)N[C@@H]1CCCC[C@H]1C. The lowest BCUT2D eigenvalue weighted by atomic mass is 9.86. The van der Waals surface area contributed by atoms with Gasteiger partial charge in [-0.2, -0.15) is 0 Å². The maximum atomic E-state index is 11.9. The summed E-state index contributed by atoms with van der Waals surface area (Å²) in [6.45, 7) is 5.46. The molecule has 2 rings (SSSR count). The summed E-state index contributed by atoms with van der Waals surface area (Å²) in [5.74, 6) is 1.35. The molecule has 6 heteroatoms. The van der Waals surface area contributed by atoms with Crippen LogP contribution in [0.5, 0.6) is 0 Å². The molecule has 0 aliphatic heterocycles. The van der Waals surface area contributed by atoms with Crippen LogP contribution in [0.1, 0.15) is 45.4 Å². The molecule has 1 saturated carbocycles. The fraction of sp³-hybridized carbons (Fsp3) is 0.769. The summed E-state index contributed by atoms with van der Waals surface area (Å²) < 4.78 is 1.92. The van der Waals surface area contributed by atoms with Crippen LogP contribution in [0.3, 0.4) is 0 Å². The summed E-state index contributed by atoms with van der Waals surface area (Å²) in [6.07, 6.45) is 6.45. The molecule has 2 N–H and O–H groups in total. The third kappa shape index (κ3) is 3.68. The molecule has 1 fully saturated rings. The quantitative estimate of drug-likeness (QED) is 0.870. The van der Waals surface area contributed by atoms with Crippen molar-refractivity contribution in [3.8, 4) is 0 Å². The number of carbonyl (C=O) groups is 1. The maximum absolute atomic E-state index is 11.9. The van der Waals surface area contributed by atoms with Crippen molar-refractivity contribution in [3.63, 3.8) is 0 Å². The van der Waals surface area contributed by atoms with Gasteiger partial charge in [0.25, 0.3) is 0 Å². The fourth-order valence-corrected chi connectivity index (χ4v) is 2.59. The molecule has 106 valence electrons. The van der Waals surface area contributed by atoms with Crippen molar-refractivity contribution in [2.45, 2.75) is 58.7 Å². The van der Waals surface area contributed by atoms with Gasteiger partial charge in [0, 0.05) is 12.6 Å². The van der Waals surface area contributed by atoms with Crippen LogP contribution in [-0.4, -0.2) is 26.8 Å². The number of aryl methyl sites for hydroxylation is 1. The Hall–Kier alpha value is -1.59. The maximum Gasteiger partial charge on any atom is 0.315 e. The first-order valence-corrected chi connectivity index (χ1v) is 7.11. The molecule has 0 aromatic carbocycles. The number of carbonyl (C=O) groups excluding carboxylic acids is 1. The van der Waals surface area contributed by atoms with Crippen LogP contribution in [0.2, 0.25) is 0 Å². The molecular weight excluding hydrogens is 242 g/mol. The molecule has 1 heterocycles. The van der Waals surface area contributed by atoms with Crippen molar-refractivity contribution in [2.24, 2.45) is 5.92 Å². The molecule has 2 amide bonds. The van der Waals surface area contributed by atoms with Gasteiger partial charge in [0.15, 0.2) is 5.82 Å². The van der Waals surface area contributed by atoms with E-state index < -0.39 is 0 Å². The molecule has 0 unspecified atom stereocenters. The van der Waals surface area contributed by atoms with Crippen molar-refractivity contribution in [3.05, 3.63) is 12.2 Å². The normalized spacial score (nSPS) is 23.1. The smallest absolute Gasteiger partial charge is 0.315 e. The second-order valence-corrected chi connectivity index (χ2v) is 5.23. The third-order valence-corrected chi connectivity index (χ3v) is 3.87. The Morgan fingerprint density at radius 1 is 1.47 bits per heavy atom. The van der Waals surface area contributed by atoms with E-state index in [1.54, 1.807) is 6.33 Å². The Morgan fingerprint density at radius 2 is 2.26 bits per heavy atom. The van der Waals surface area contributed by atoms with Crippen molar-refractivity contribution < 1.29 is 4.79 Å². The molecule has 1 aliphatic rings. The monoisotopic (exact) mass is 265 g/mol. The number of nitrogens with one attached hydrogen (secondary N) is 2. The number of hydrogen-bond acceptors (Lipinski definition) is 3. The van der Waals surface area contributed by atoms with Gasteiger partial charge in [-0.15, -0.1) is 10.2 Å². The molecule has 0 bridgehead atoms. The average Bonchev–Trinajstić information content (AvgIpc) is 2.86. The summed E-state index contributed by atoms with van der Waals surface area (Å²) in [7, 11) is 0. The molecular formula is C13H23N5O. The van der Waals surface area contributed by atoms with E-state index in [1.807, 2.05) is 11.5 Å². The largest absolute Gasteiger partial charge is 0.335 e. The zero-order chi connectivity index (χ0) is 13.7. The van der Waals surface area contributed by atoms with Gasteiger partial charge >= 0.3 is 6.03 Å². The van der Waals surface area contributed by atoms with Gasteiger partial charge in [-0.25, -0.2) is 4.79 Å². The lowest BCUT2D eigenvalue weighted by molar-refractivity contribution is 0.221. The fourth-order valence-electron chi connectivity index (χ4n) is 2.59. The van der Waals surface area contributed by atoms with Gasteiger partial charge in [0.2, 0.25) is 0 Å². The Kier molecular flexibility index (Phi) is 4.76. The molecule has 1 aromatic heterocycles. The Morgan fingerprint density at radius 3 is 3.00 bits per heavy atom. The van der Waals surface area contributed by atoms with E-state index >= 15 is 0 Å². The number of hydrogen-bond donors (Lipinski definition) is 2. The molecule has 0 radical (unpaired) electrons. The molecule has 19 heavy (non-hydrogen) atoms. The topological polar surface area (TPSA) is 71.8 Å². The van der Waals surface area contributed by atoms with E-state index in [2.05, 4.69) is 27.8 Å². The lowest BCUT2D eigenvalue weighted by Gasteiger charge is -2.29. The van der Waals surface area contributed by atoms with Crippen LogP contribution >= 0.6 is 0 Å².